The number of ether oxygens (including phenoxy) is 1. The van der Waals surface area contributed by atoms with E-state index in [1.165, 1.54) is 12.1 Å². The highest BCUT2D eigenvalue weighted by atomic mass is 19.4. The van der Waals surface area contributed by atoms with E-state index in [9.17, 15) is 18.0 Å². The van der Waals surface area contributed by atoms with Gasteiger partial charge < -0.3 is 15.0 Å². The van der Waals surface area contributed by atoms with Gasteiger partial charge in [-0.05, 0) is 81.7 Å². The largest absolute Gasteiger partial charge is 0.488 e. The van der Waals surface area contributed by atoms with Gasteiger partial charge in [0.25, 0.3) is 5.91 Å². The number of nitrogens with one attached hydrogen (secondary N) is 1. The maximum absolute atomic E-state index is 13.0. The first-order valence-electron chi connectivity index (χ1n) is 12.2. The number of nitrogens with zero attached hydrogens (tertiary/aromatic N) is 2. The van der Waals surface area contributed by atoms with Crippen LogP contribution in [0.1, 0.15) is 50.5 Å². The molecule has 0 unspecified atom stereocenters. The molecule has 33 heavy (non-hydrogen) atoms. The van der Waals surface area contributed by atoms with Gasteiger partial charge >= 0.3 is 6.18 Å². The molecule has 1 N–H and O–H groups in total. The van der Waals surface area contributed by atoms with Crippen LogP contribution in [0.3, 0.4) is 0 Å². The average Bonchev–Trinajstić information content (AvgIpc) is 2.84. The lowest BCUT2D eigenvalue weighted by molar-refractivity contribution is -0.137. The number of hydrogen-bond donors (Lipinski definition) is 1. The first-order valence-corrected chi connectivity index (χ1v) is 12.2. The summed E-state index contributed by atoms with van der Waals surface area (Å²) in [5, 5.41) is 3.13. The molecular formula is C25H34F3N3O2. The number of hydrogen-bond acceptors (Lipinski definition) is 4. The summed E-state index contributed by atoms with van der Waals surface area (Å²) < 4.78 is 44.4. The minimum Gasteiger partial charge on any atom is -0.488 e. The monoisotopic (exact) mass is 465 g/mol. The molecule has 1 aromatic carbocycles. The van der Waals surface area contributed by atoms with Crippen molar-refractivity contribution in [2.75, 3.05) is 44.2 Å². The van der Waals surface area contributed by atoms with Crippen LogP contribution in [-0.2, 0) is 15.7 Å². The first kappa shape index (κ1) is 23.9. The third-order valence-corrected chi connectivity index (χ3v) is 7.11. The van der Waals surface area contributed by atoms with Crippen LogP contribution in [0.5, 0.6) is 0 Å². The van der Waals surface area contributed by atoms with Crippen LogP contribution in [0.4, 0.5) is 18.9 Å². The molecule has 0 aromatic heterocycles. The second-order valence-corrected chi connectivity index (χ2v) is 9.42. The Balaban J connectivity index is 1.15. The van der Waals surface area contributed by atoms with Gasteiger partial charge in [0.05, 0.1) is 12.2 Å². The van der Waals surface area contributed by atoms with Gasteiger partial charge in [0.15, 0.2) is 5.76 Å². The Hall–Kier alpha value is -2.22. The lowest BCUT2D eigenvalue weighted by atomic mass is 9.84. The van der Waals surface area contributed by atoms with Crippen LogP contribution in [0, 0.1) is 5.92 Å². The highest BCUT2D eigenvalue weighted by Gasteiger charge is 2.31. The molecule has 182 valence electrons. The van der Waals surface area contributed by atoms with Gasteiger partial charge in [0.2, 0.25) is 0 Å². The third-order valence-electron chi connectivity index (χ3n) is 7.11. The number of halogens is 3. The Labute approximate surface area is 193 Å². The number of carbonyl (C=O) groups excluding carboxylic acids is 1. The van der Waals surface area contributed by atoms with Crippen molar-refractivity contribution < 1.29 is 22.7 Å². The molecule has 1 saturated heterocycles. The van der Waals surface area contributed by atoms with Gasteiger partial charge in [-0.1, -0.05) is 6.07 Å². The number of piperazine rings is 1. The van der Waals surface area contributed by atoms with Gasteiger partial charge in [-0.3, -0.25) is 9.69 Å². The van der Waals surface area contributed by atoms with E-state index in [0.717, 1.165) is 83.7 Å². The van der Waals surface area contributed by atoms with E-state index in [1.54, 1.807) is 6.07 Å². The molecule has 2 heterocycles. The van der Waals surface area contributed by atoms with E-state index in [0.29, 0.717) is 24.0 Å². The summed E-state index contributed by atoms with van der Waals surface area (Å²) in [4.78, 5) is 16.8. The molecule has 5 nitrogen and oxygen atoms in total. The molecule has 3 aliphatic rings. The lowest BCUT2D eigenvalue weighted by Gasteiger charge is -2.37. The Kier molecular flexibility index (Phi) is 7.83. The lowest BCUT2D eigenvalue weighted by Crippen LogP contribution is -2.47. The molecule has 0 atom stereocenters. The van der Waals surface area contributed by atoms with E-state index in [2.05, 4.69) is 10.2 Å². The van der Waals surface area contributed by atoms with Crippen LogP contribution in [0.2, 0.25) is 0 Å². The zero-order valence-electron chi connectivity index (χ0n) is 19.1. The molecule has 1 aliphatic carbocycles. The van der Waals surface area contributed by atoms with E-state index < -0.39 is 11.7 Å². The van der Waals surface area contributed by atoms with Gasteiger partial charge in [-0.15, -0.1) is 0 Å². The minimum absolute atomic E-state index is 0.0724. The normalized spacial score (nSPS) is 24.7. The van der Waals surface area contributed by atoms with Crippen molar-refractivity contribution in [2.45, 2.75) is 57.2 Å². The molecule has 1 aromatic rings. The van der Waals surface area contributed by atoms with Crippen molar-refractivity contribution in [3.63, 3.8) is 0 Å². The number of alkyl halides is 3. The zero-order valence-corrected chi connectivity index (χ0v) is 19.1. The Bertz CT molecular complexity index is 826. The summed E-state index contributed by atoms with van der Waals surface area (Å²) in [7, 11) is 0. The smallest absolute Gasteiger partial charge is 0.416 e. The maximum atomic E-state index is 13.0. The molecule has 4 rings (SSSR count). The van der Waals surface area contributed by atoms with Gasteiger partial charge in [-0.2, -0.15) is 13.2 Å². The van der Waals surface area contributed by atoms with E-state index >= 15 is 0 Å². The fourth-order valence-electron chi connectivity index (χ4n) is 5.04. The molecule has 1 amide bonds. The molecule has 8 heteroatoms. The van der Waals surface area contributed by atoms with Crippen LogP contribution >= 0.6 is 0 Å². The van der Waals surface area contributed by atoms with E-state index in [4.69, 9.17) is 4.74 Å². The third kappa shape index (κ3) is 6.65. The Morgan fingerprint density at radius 2 is 1.85 bits per heavy atom. The summed E-state index contributed by atoms with van der Waals surface area (Å²) in [6, 6.07) is 5.86. The number of rotatable bonds is 6. The highest BCUT2D eigenvalue weighted by molar-refractivity contribution is 5.91. The summed E-state index contributed by atoms with van der Waals surface area (Å²) in [6.07, 6.45) is 4.85. The quantitative estimate of drug-likeness (QED) is 0.668. The van der Waals surface area contributed by atoms with Gasteiger partial charge in [-0.25, -0.2) is 0 Å². The van der Waals surface area contributed by atoms with Crippen LogP contribution in [0.15, 0.2) is 36.1 Å². The predicted octanol–water partition coefficient (Wildman–Crippen LogP) is 4.59. The number of amides is 1. The summed E-state index contributed by atoms with van der Waals surface area (Å²) in [6.45, 7) is 4.89. The minimum atomic E-state index is -4.30. The van der Waals surface area contributed by atoms with Crippen LogP contribution in [0.25, 0.3) is 0 Å². The van der Waals surface area contributed by atoms with Crippen LogP contribution < -0.4 is 10.2 Å². The van der Waals surface area contributed by atoms with Crippen molar-refractivity contribution in [1.82, 2.24) is 10.2 Å². The number of allylic oxidation sites excluding steroid dienone is 1. The molecule has 0 radical (unpaired) electrons. The topological polar surface area (TPSA) is 44.8 Å². The predicted molar refractivity (Wildman–Crippen MR) is 122 cm³/mol. The van der Waals surface area contributed by atoms with Crippen molar-refractivity contribution in [1.29, 1.82) is 0 Å². The van der Waals surface area contributed by atoms with Crippen molar-refractivity contribution in [3.05, 3.63) is 41.7 Å². The molecule has 1 saturated carbocycles. The Morgan fingerprint density at radius 3 is 2.52 bits per heavy atom. The maximum Gasteiger partial charge on any atom is 0.416 e. The number of carbonyl (C=O) groups is 1. The van der Waals surface area contributed by atoms with E-state index in [1.807, 2.05) is 11.0 Å². The first-order chi connectivity index (χ1) is 15.9. The molecule has 0 spiro atoms. The molecule has 2 aliphatic heterocycles. The standard InChI is InChI=1S/C25H34F3N3O2/c26-25(27,28)20-4-3-5-22(18-20)31-15-13-30(14-16-31)12-11-19-7-9-21(10-8-19)29-24(32)23-6-1-2-17-33-23/h3-6,18-19,21H,1-2,7-17H2,(H,29,32). The fraction of sp³-hybridized carbons (Fsp3) is 0.640. The van der Waals surface area contributed by atoms with Crippen molar-refractivity contribution >= 4 is 11.6 Å². The summed E-state index contributed by atoms with van der Waals surface area (Å²) >= 11 is 0. The van der Waals surface area contributed by atoms with Gasteiger partial charge in [0.1, 0.15) is 0 Å². The Morgan fingerprint density at radius 1 is 1.09 bits per heavy atom. The summed E-state index contributed by atoms with van der Waals surface area (Å²) in [5.41, 5.74) is 0.0662. The number of benzene rings is 1. The number of anilines is 1. The zero-order chi connectivity index (χ0) is 23.3. The van der Waals surface area contributed by atoms with Crippen molar-refractivity contribution in [2.24, 2.45) is 5.92 Å². The highest BCUT2D eigenvalue weighted by Crippen LogP contribution is 2.32. The summed E-state index contributed by atoms with van der Waals surface area (Å²) in [5.74, 6) is 1.08. The van der Waals surface area contributed by atoms with E-state index in [-0.39, 0.29) is 11.9 Å². The van der Waals surface area contributed by atoms with Crippen molar-refractivity contribution in [3.8, 4) is 0 Å². The molecule has 2 fully saturated rings. The second kappa shape index (κ2) is 10.8. The van der Waals surface area contributed by atoms with Crippen LogP contribution in [-0.4, -0.2) is 56.2 Å². The second-order valence-electron chi connectivity index (χ2n) is 9.42. The molecule has 0 bridgehead atoms. The van der Waals surface area contributed by atoms with Gasteiger partial charge in [0, 0.05) is 37.9 Å². The SMILES string of the molecule is O=C(NC1CCC(CCN2CCN(c3cccc(C(F)(F)F)c3)CC2)CC1)C1=CCCCO1. The average molecular weight is 466 g/mol. The fourth-order valence-corrected chi connectivity index (χ4v) is 5.04. The molecular weight excluding hydrogens is 431 g/mol.